The maximum absolute atomic E-state index is 13.3. The Kier molecular flexibility index (Phi) is 5.88. The minimum Gasteiger partial charge on any atom is -0.380 e. The number of carbonyl (C=O) groups is 1. The van der Waals surface area contributed by atoms with Crippen molar-refractivity contribution in [2.24, 2.45) is 0 Å². The second-order valence-corrected chi connectivity index (χ2v) is 3.98. The molecule has 1 aromatic carbocycles. The Morgan fingerprint density at radius 2 is 2.11 bits per heavy atom. The highest BCUT2D eigenvalue weighted by atomic mass is 19.1. The molecule has 0 saturated heterocycles. The van der Waals surface area contributed by atoms with E-state index in [2.05, 4.69) is 0 Å². The number of hydrogen-bond donors (Lipinski definition) is 0. The van der Waals surface area contributed by atoms with Crippen LogP contribution in [0.25, 0.3) is 0 Å². The number of halogens is 2. The van der Waals surface area contributed by atoms with Gasteiger partial charge in [0.2, 0.25) is 0 Å². The molecule has 5 heteroatoms. The molecule has 18 heavy (non-hydrogen) atoms. The number of rotatable bonds is 7. The number of Topliss-reactive ketones (excluding diaryl/α,β-unsaturated/α-hetero) is 1. The van der Waals surface area contributed by atoms with Gasteiger partial charge in [0.05, 0.1) is 18.7 Å². The lowest BCUT2D eigenvalue weighted by atomic mass is 10.1. The van der Waals surface area contributed by atoms with Crippen LogP contribution < -0.4 is 0 Å². The first-order chi connectivity index (χ1) is 8.54. The summed E-state index contributed by atoms with van der Waals surface area (Å²) in [5, 5.41) is 0. The van der Waals surface area contributed by atoms with Crippen LogP contribution in [0.2, 0.25) is 0 Å². The van der Waals surface area contributed by atoms with Gasteiger partial charge in [-0.2, -0.15) is 0 Å². The molecule has 0 atom stereocenters. The first kappa shape index (κ1) is 14.7. The molecule has 1 rings (SSSR count). The van der Waals surface area contributed by atoms with Gasteiger partial charge in [-0.1, -0.05) is 0 Å². The third kappa shape index (κ3) is 4.50. The van der Waals surface area contributed by atoms with E-state index in [1.165, 1.54) is 0 Å². The molecule has 3 nitrogen and oxygen atoms in total. The zero-order chi connectivity index (χ0) is 13.5. The van der Waals surface area contributed by atoms with Crippen LogP contribution in [0.15, 0.2) is 18.2 Å². The molecule has 0 radical (unpaired) electrons. The van der Waals surface area contributed by atoms with Gasteiger partial charge >= 0.3 is 0 Å². The molecule has 0 bridgehead atoms. The van der Waals surface area contributed by atoms with E-state index >= 15 is 0 Å². The highest BCUT2D eigenvalue weighted by Gasteiger charge is 2.14. The summed E-state index contributed by atoms with van der Waals surface area (Å²) in [4.78, 5) is 13.5. The predicted molar refractivity (Wildman–Crippen MR) is 64.7 cm³/mol. The number of benzene rings is 1. The zero-order valence-corrected chi connectivity index (χ0v) is 10.6. The summed E-state index contributed by atoms with van der Waals surface area (Å²) in [6.45, 7) is 3.60. The summed E-state index contributed by atoms with van der Waals surface area (Å²) in [6.07, 6.45) is 0. The number of nitrogens with zero attached hydrogens (tertiary/aromatic N) is 1. The summed E-state index contributed by atoms with van der Waals surface area (Å²) >= 11 is 0. The van der Waals surface area contributed by atoms with Crippen molar-refractivity contribution in [1.82, 2.24) is 4.90 Å². The molecule has 0 heterocycles. The Morgan fingerprint density at radius 3 is 2.78 bits per heavy atom. The van der Waals surface area contributed by atoms with E-state index in [1.54, 1.807) is 11.9 Å². The Morgan fingerprint density at radius 1 is 1.39 bits per heavy atom. The lowest BCUT2D eigenvalue weighted by Crippen LogP contribution is -2.29. The smallest absolute Gasteiger partial charge is 0.179 e. The maximum atomic E-state index is 13.3. The molecule has 0 amide bonds. The molecule has 0 spiro atoms. The topological polar surface area (TPSA) is 29.5 Å². The van der Waals surface area contributed by atoms with Gasteiger partial charge < -0.3 is 4.74 Å². The van der Waals surface area contributed by atoms with E-state index in [4.69, 9.17) is 4.74 Å². The standard InChI is InChI=1S/C13H17F2NO2/c1-3-18-7-6-16(2)9-13(17)11-8-10(14)4-5-12(11)15/h4-5,8H,3,6-7,9H2,1-2H3. The average Bonchev–Trinajstić information content (AvgIpc) is 2.32. The summed E-state index contributed by atoms with van der Waals surface area (Å²) in [5.41, 5.74) is -0.210. The number of carbonyl (C=O) groups excluding carboxylic acids is 1. The third-order valence-electron chi connectivity index (χ3n) is 2.46. The lowest BCUT2D eigenvalue weighted by molar-refractivity contribution is 0.0892. The normalized spacial score (nSPS) is 10.9. The van der Waals surface area contributed by atoms with E-state index < -0.39 is 17.4 Å². The van der Waals surface area contributed by atoms with Gasteiger partial charge in [0, 0.05) is 13.2 Å². The van der Waals surface area contributed by atoms with E-state index in [9.17, 15) is 13.6 Å². The van der Waals surface area contributed by atoms with Gasteiger partial charge in [0.25, 0.3) is 0 Å². The van der Waals surface area contributed by atoms with Crippen molar-refractivity contribution >= 4 is 5.78 Å². The molecule has 0 aliphatic rings. The van der Waals surface area contributed by atoms with Crippen LogP contribution in [0.1, 0.15) is 17.3 Å². The number of hydrogen-bond acceptors (Lipinski definition) is 3. The van der Waals surface area contributed by atoms with E-state index in [1.807, 2.05) is 6.92 Å². The van der Waals surface area contributed by atoms with Gasteiger partial charge in [0.1, 0.15) is 11.6 Å². The zero-order valence-electron chi connectivity index (χ0n) is 10.6. The number of likely N-dealkylation sites (N-methyl/N-ethyl adjacent to an activating group) is 1. The van der Waals surface area contributed by atoms with Crippen molar-refractivity contribution in [1.29, 1.82) is 0 Å². The fourth-order valence-electron chi connectivity index (χ4n) is 1.49. The van der Waals surface area contributed by atoms with Crippen LogP contribution in [0.5, 0.6) is 0 Å². The Balaban J connectivity index is 2.56. The minimum absolute atomic E-state index is 0.0352. The van der Waals surface area contributed by atoms with Crippen molar-refractivity contribution in [3.63, 3.8) is 0 Å². The summed E-state index contributed by atoms with van der Waals surface area (Å²) in [5.74, 6) is -1.75. The van der Waals surface area contributed by atoms with Crippen LogP contribution in [-0.4, -0.2) is 44.0 Å². The Labute approximate surface area is 105 Å². The number of ketones is 1. The van der Waals surface area contributed by atoms with Gasteiger partial charge in [-0.3, -0.25) is 9.69 Å². The van der Waals surface area contributed by atoms with Gasteiger partial charge in [0.15, 0.2) is 5.78 Å². The van der Waals surface area contributed by atoms with E-state index in [0.717, 1.165) is 18.2 Å². The van der Waals surface area contributed by atoms with Crippen molar-refractivity contribution in [3.8, 4) is 0 Å². The predicted octanol–water partition coefficient (Wildman–Crippen LogP) is 2.12. The summed E-state index contributed by atoms with van der Waals surface area (Å²) in [7, 11) is 1.73. The van der Waals surface area contributed by atoms with Gasteiger partial charge in [-0.05, 0) is 32.2 Å². The van der Waals surface area contributed by atoms with Crippen LogP contribution in [-0.2, 0) is 4.74 Å². The van der Waals surface area contributed by atoms with Crippen LogP contribution in [0, 0.1) is 11.6 Å². The first-order valence-corrected chi connectivity index (χ1v) is 5.79. The largest absolute Gasteiger partial charge is 0.380 e. The molecule has 1 aromatic rings. The first-order valence-electron chi connectivity index (χ1n) is 5.79. The van der Waals surface area contributed by atoms with Crippen molar-refractivity contribution < 1.29 is 18.3 Å². The van der Waals surface area contributed by atoms with Crippen LogP contribution in [0.4, 0.5) is 8.78 Å². The molecular formula is C13H17F2NO2. The fourth-order valence-corrected chi connectivity index (χ4v) is 1.49. The van der Waals surface area contributed by atoms with Crippen molar-refractivity contribution in [3.05, 3.63) is 35.4 Å². The molecule has 0 fully saturated rings. The molecule has 100 valence electrons. The fraction of sp³-hybridized carbons (Fsp3) is 0.462. The van der Waals surface area contributed by atoms with Gasteiger partial charge in [-0.15, -0.1) is 0 Å². The molecule has 0 N–H and O–H groups in total. The second kappa shape index (κ2) is 7.18. The van der Waals surface area contributed by atoms with Crippen molar-refractivity contribution in [2.45, 2.75) is 6.92 Å². The van der Waals surface area contributed by atoms with Crippen molar-refractivity contribution in [2.75, 3.05) is 33.4 Å². The third-order valence-corrected chi connectivity index (χ3v) is 2.46. The molecule has 0 saturated carbocycles. The van der Waals surface area contributed by atoms with Crippen LogP contribution in [0.3, 0.4) is 0 Å². The molecule has 0 aliphatic carbocycles. The molecular weight excluding hydrogens is 240 g/mol. The quantitative estimate of drug-likeness (QED) is 0.553. The molecule has 0 aliphatic heterocycles. The summed E-state index contributed by atoms with van der Waals surface area (Å²) in [6, 6.07) is 2.88. The second-order valence-electron chi connectivity index (χ2n) is 3.98. The average molecular weight is 257 g/mol. The SMILES string of the molecule is CCOCCN(C)CC(=O)c1cc(F)ccc1F. The monoisotopic (exact) mass is 257 g/mol. The van der Waals surface area contributed by atoms with E-state index in [-0.39, 0.29) is 12.1 Å². The highest BCUT2D eigenvalue weighted by Crippen LogP contribution is 2.10. The van der Waals surface area contributed by atoms with Crippen LogP contribution >= 0.6 is 0 Å². The molecule has 0 aromatic heterocycles. The summed E-state index contributed by atoms with van der Waals surface area (Å²) < 4.78 is 31.4. The lowest BCUT2D eigenvalue weighted by Gasteiger charge is -2.15. The van der Waals surface area contributed by atoms with E-state index in [0.29, 0.717) is 19.8 Å². The maximum Gasteiger partial charge on any atom is 0.179 e. The minimum atomic E-state index is -0.695. The van der Waals surface area contributed by atoms with Gasteiger partial charge in [-0.25, -0.2) is 8.78 Å². The highest BCUT2D eigenvalue weighted by molar-refractivity contribution is 5.97. The Bertz CT molecular complexity index is 410. The molecule has 0 unspecified atom stereocenters. The number of ether oxygens (including phenoxy) is 1. The Hall–Kier alpha value is -1.33.